The minimum absolute atomic E-state index is 0.370. The highest BCUT2D eigenvalue weighted by Crippen LogP contribution is 2.21. The summed E-state index contributed by atoms with van der Waals surface area (Å²) in [5.41, 5.74) is 2.62. The average molecular weight is 358 g/mol. The number of hydrogen-bond donors (Lipinski definition) is 1. The largest absolute Gasteiger partial charge is 0.390 e. The fraction of sp³-hybridized carbons (Fsp3) is 0.684. The maximum atomic E-state index is 10.3. The van der Waals surface area contributed by atoms with Gasteiger partial charge in [-0.2, -0.15) is 5.10 Å². The summed E-state index contributed by atoms with van der Waals surface area (Å²) >= 11 is 0. The molecule has 2 aromatic heterocycles. The van der Waals surface area contributed by atoms with Gasteiger partial charge in [0.15, 0.2) is 0 Å². The van der Waals surface area contributed by atoms with E-state index in [2.05, 4.69) is 26.4 Å². The minimum atomic E-state index is -0.370. The van der Waals surface area contributed by atoms with Gasteiger partial charge in [0.2, 0.25) is 0 Å². The van der Waals surface area contributed by atoms with Gasteiger partial charge in [-0.15, -0.1) is 0 Å². The van der Waals surface area contributed by atoms with E-state index in [-0.39, 0.29) is 6.10 Å². The molecular weight excluding hydrogens is 328 g/mol. The average Bonchev–Trinajstić information content (AvgIpc) is 3.25. The molecule has 1 saturated heterocycles. The molecule has 4 heterocycles. The number of hydrogen-bond acceptors (Lipinski definition) is 5. The van der Waals surface area contributed by atoms with Gasteiger partial charge in [0.05, 0.1) is 24.0 Å². The first kappa shape index (κ1) is 17.7. The summed E-state index contributed by atoms with van der Waals surface area (Å²) in [5.74, 6) is 1.28. The Morgan fingerprint density at radius 1 is 1.08 bits per heavy atom. The second kappa shape index (κ2) is 7.90. The van der Waals surface area contributed by atoms with Gasteiger partial charge in [-0.05, 0) is 25.8 Å². The Hall–Kier alpha value is -1.70. The molecule has 7 heteroatoms. The van der Waals surface area contributed by atoms with E-state index in [1.807, 2.05) is 12.3 Å². The fourth-order valence-electron chi connectivity index (χ4n) is 4.20. The molecule has 7 nitrogen and oxygen atoms in total. The fourth-order valence-corrected chi connectivity index (χ4v) is 4.20. The number of piperazine rings is 1. The quantitative estimate of drug-likeness (QED) is 0.831. The normalized spacial score (nSPS) is 20.2. The van der Waals surface area contributed by atoms with Gasteiger partial charge in [-0.1, -0.05) is 0 Å². The molecule has 1 fully saturated rings. The van der Waals surface area contributed by atoms with Crippen LogP contribution in [0.5, 0.6) is 0 Å². The van der Waals surface area contributed by atoms with Gasteiger partial charge < -0.3 is 9.67 Å². The number of aliphatic hydroxyl groups excluding tert-OH is 1. The molecule has 4 rings (SSSR count). The number of aliphatic hydroxyl groups is 1. The van der Waals surface area contributed by atoms with E-state index in [1.54, 1.807) is 10.9 Å². The van der Waals surface area contributed by atoms with E-state index in [1.165, 1.54) is 30.1 Å². The van der Waals surface area contributed by atoms with Gasteiger partial charge in [0.25, 0.3) is 0 Å². The summed E-state index contributed by atoms with van der Waals surface area (Å²) < 4.78 is 4.26. The van der Waals surface area contributed by atoms with Crippen molar-refractivity contribution in [3.05, 3.63) is 35.7 Å². The van der Waals surface area contributed by atoms with Crippen molar-refractivity contribution in [3.63, 3.8) is 0 Å². The minimum Gasteiger partial charge on any atom is -0.390 e. The van der Waals surface area contributed by atoms with E-state index in [0.29, 0.717) is 6.54 Å². The van der Waals surface area contributed by atoms with Crippen LogP contribution in [0.4, 0.5) is 0 Å². The second-order valence-electron chi connectivity index (χ2n) is 7.63. The molecule has 2 aliphatic heterocycles. The summed E-state index contributed by atoms with van der Waals surface area (Å²) in [4.78, 5) is 9.69. The first-order valence-electron chi connectivity index (χ1n) is 9.84. The summed E-state index contributed by atoms with van der Waals surface area (Å²) in [5, 5.41) is 14.5. The number of aromatic nitrogens is 4. The van der Waals surface area contributed by atoms with Crippen molar-refractivity contribution >= 4 is 0 Å². The number of fused-ring (bicyclic) bond motifs is 1. The van der Waals surface area contributed by atoms with Crippen molar-refractivity contribution in [2.24, 2.45) is 0 Å². The van der Waals surface area contributed by atoms with Gasteiger partial charge >= 0.3 is 0 Å². The smallest absolute Gasteiger partial charge is 0.109 e. The molecule has 0 bridgehead atoms. The number of β-amino-alcohol motifs (C(OH)–C–C–N with tert-alkyl or cyclic N) is 1. The van der Waals surface area contributed by atoms with Crippen molar-refractivity contribution in [1.29, 1.82) is 0 Å². The number of rotatable bonds is 6. The Bertz CT molecular complexity index is 702. The number of imidazole rings is 1. The Labute approximate surface area is 155 Å². The third-order valence-corrected chi connectivity index (χ3v) is 5.65. The van der Waals surface area contributed by atoms with Crippen molar-refractivity contribution in [2.45, 2.75) is 51.9 Å². The predicted molar refractivity (Wildman–Crippen MR) is 99.9 cm³/mol. The topological polar surface area (TPSA) is 62.4 Å². The molecule has 1 N–H and O–H groups in total. The van der Waals surface area contributed by atoms with E-state index in [4.69, 9.17) is 4.98 Å². The SMILES string of the molecule is Cc1nc2n(c1CN1CCN(CC(O)Cn3cccn3)CC1)CCCC2. The van der Waals surface area contributed by atoms with Gasteiger partial charge in [0, 0.05) is 64.6 Å². The highest BCUT2D eigenvalue weighted by molar-refractivity contribution is 5.17. The first-order chi connectivity index (χ1) is 12.7. The summed E-state index contributed by atoms with van der Waals surface area (Å²) in [6.45, 7) is 9.69. The zero-order chi connectivity index (χ0) is 17.9. The lowest BCUT2D eigenvalue weighted by Gasteiger charge is -2.35. The second-order valence-corrected chi connectivity index (χ2v) is 7.63. The Kier molecular flexibility index (Phi) is 5.38. The predicted octanol–water partition coefficient (Wildman–Crippen LogP) is 0.903. The summed E-state index contributed by atoms with van der Waals surface area (Å²) in [6, 6.07) is 1.89. The van der Waals surface area contributed by atoms with Crippen LogP contribution in [0.2, 0.25) is 0 Å². The molecule has 2 aromatic rings. The van der Waals surface area contributed by atoms with Crippen LogP contribution >= 0.6 is 0 Å². The third kappa shape index (κ3) is 4.00. The molecule has 0 saturated carbocycles. The highest BCUT2D eigenvalue weighted by Gasteiger charge is 2.23. The lowest BCUT2D eigenvalue weighted by atomic mass is 10.1. The molecule has 0 amide bonds. The van der Waals surface area contributed by atoms with Crippen LogP contribution in [0.15, 0.2) is 18.5 Å². The molecule has 0 spiro atoms. The standard InChI is InChI=1S/C19H30N6O/c1-16-18(25-8-3-2-5-19(25)21-16)15-23-11-9-22(10-12-23)13-17(26)14-24-7-4-6-20-24/h4,6-7,17,26H,2-3,5,8-15H2,1H3. The lowest BCUT2D eigenvalue weighted by Crippen LogP contribution is -2.48. The third-order valence-electron chi connectivity index (χ3n) is 5.65. The number of aryl methyl sites for hydroxylation is 2. The molecule has 142 valence electrons. The summed E-state index contributed by atoms with van der Waals surface area (Å²) in [7, 11) is 0. The molecular formula is C19H30N6O. The molecule has 2 aliphatic rings. The van der Waals surface area contributed by atoms with Crippen molar-refractivity contribution < 1.29 is 5.11 Å². The molecule has 1 atom stereocenters. The molecule has 0 aromatic carbocycles. The van der Waals surface area contributed by atoms with Gasteiger partial charge in [0.1, 0.15) is 5.82 Å². The Balaban J connectivity index is 1.27. The van der Waals surface area contributed by atoms with E-state index >= 15 is 0 Å². The summed E-state index contributed by atoms with van der Waals surface area (Å²) in [6.07, 6.45) is 6.96. The van der Waals surface area contributed by atoms with Crippen molar-refractivity contribution in [2.75, 3.05) is 32.7 Å². The van der Waals surface area contributed by atoms with Gasteiger partial charge in [-0.3, -0.25) is 14.5 Å². The monoisotopic (exact) mass is 358 g/mol. The van der Waals surface area contributed by atoms with Crippen LogP contribution in [0.1, 0.15) is 30.1 Å². The molecule has 1 unspecified atom stereocenters. The van der Waals surface area contributed by atoms with Crippen LogP contribution in [0.3, 0.4) is 0 Å². The Morgan fingerprint density at radius 2 is 1.88 bits per heavy atom. The van der Waals surface area contributed by atoms with Gasteiger partial charge in [-0.25, -0.2) is 4.98 Å². The van der Waals surface area contributed by atoms with Crippen LogP contribution < -0.4 is 0 Å². The van der Waals surface area contributed by atoms with Crippen molar-refractivity contribution in [1.82, 2.24) is 29.1 Å². The number of nitrogens with zero attached hydrogens (tertiary/aromatic N) is 6. The highest BCUT2D eigenvalue weighted by atomic mass is 16.3. The van der Waals surface area contributed by atoms with E-state index in [0.717, 1.165) is 52.2 Å². The molecule has 0 radical (unpaired) electrons. The Morgan fingerprint density at radius 3 is 2.65 bits per heavy atom. The van der Waals surface area contributed by atoms with E-state index < -0.39 is 0 Å². The molecule has 26 heavy (non-hydrogen) atoms. The maximum Gasteiger partial charge on any atom is 0.109 e. The maximum absolute atomic E-state index is 10.3. The zero-order valence-electron chi connectivity index (χ0n) is 15.7. The van der Waals surface area contributed by atoms with Crippen LogP contribution in [0.25, 0.3) is 0 Å². The van der Waals surface area contributed by atoms with Crippen LogP contribution in [-0.4, -0.2) is 73.1 Å². The van der Waals surface area contributed by atoms with Crippen LogP contribution in [0, 0.1) is 6.92 Å². The van der Waals surface area contributed by atoms with E-state index in [9.17, 15) is 5.11 Å². The first-order valence-corrected chi connectivity index (χ1v) is 9.84. The lowest BCUT2D eigenvalue weighted by molar-refractivity contribution is 0.0598. The van der Waals surface area contributed by atoms with Crippen LogP contribution in [-0.2, 0) is 26.1 Å². The molecule has 0 aliphatic carbocycles. The zero-order valence-corrected chi connectivity index (χ0v) is 15.7. The van der Waals surface area contributed by atoms with Crippen molar-refractivity contribution in [3.8, 4) is 0 Å².